The van der Waals surface area contributed by atoms with E-state index in [9.17, 15) is 0 Å². The van der Waals surface area contributed by atoms with Crippen LogP contribution in [-0.2, 0) is 6.54 Å². The third kappa shape index (κ3) is 3.63. The molecule has 114 valence electrons. The SMILES string of the molecule is CC1CCN(C(N)=NCc2nnc3ccccn23)CC1.I. The lowest BCUT2D eigenvalue weighted by molar-refractivity contribution is 0.277. The topological polar surface area (TPSA) is 71.8 Å². The van der Waals surface area contributed by atoms with E-state index in [0.29, 0.717) is 12.5 Å². The summed E-state index contributed by atoms with van der Waals surface area (Å²) in [4.78, 5) is 6.62. The van der Waals surface area contributed by atoms with Crippen LogP contribution in [-0.4, -0.2) is 38.5 Å². The molecule has 0 radical (unpaired) electrons. The van der Waals surface area contributed by atoms with Crippen LogP contribution in [0.5, 0.6) is 0 Å². The van der Waals surface area contributed by atoms with Crippen molar-refractivity contribution in [1.82, 2.24) is 19.5 Å². The predicted molar refractivity (Wildman–Crippen MR) is 93.7 cm³/mol. The Hall–Kier alpha value is -1.38. The van der Waals surface area contributed by atoms with E-state index in [2.05, 4.69) is 27.0 Å². The summed E-state index contributed by atoms with van der Waals surface area (Å²) in [5.74, 6) is 2.22. The van der Waals surface area contributed by atoms with Crippen LogP contribution >= 0.6 is 24.0 Å². The third-order valence-electron chi connectivity index (χ3n) is 3.87. The van der Waals surface area contributed by atoms with Gasteiger partial charge in [0.1, 0.15) is 6.54 Å². The Morgan fingerprint density at radius 2 is 2.10 bits per heavy atom. The molecule has 21 heavy (non-hydrogen) atoms. The molecule has 0 spiro atoms. The first-order valence-corrected chi connectivity index (χ1v) is 7.07. The number of fused-ring (bicyclic) bond motifs is 1. The van der Waals surface area contributed by atoms with Crippen LogP contribution in [0.25, 0.3) is 5.65 Å². The van der Waals surface area contributed by atoms with Gasteiger partial charge in [0, 0.05) is 19.3 Å². The minimum Gasteiger partial charge on any atom is -0.370 e. The summed E-state index contributed by atoms with van der Waals surface area (Å²) in [7, 11) is 0. The second kappa shape index (κ2) is 7.06. The van der Waals surface area contributed by atoms with Crippen LogP contribution in [0, 0.1) is 5.92 Å². The van der Waals surface area contributed by atoms with Gasteiger partial charge in [-0.1, -0.05) is 13.0 Å². The zero-order chi connectivity index (χ0) is 13.9. The summed E-state index contributed by atoms with van der Waals surface area (Å²) < 4.78 is 1.94. The Labute approximate surface area is 141 Å². The van der Waals surface area contributed by atoms with Gasteiger partial charge in [-0.25, -0.2) is 4.99 Å². The molecule has 2 N–H and O–H groups in total. The van der Waals surface area contributed by atoms with Gasteiger partial charge in [0.05, 0.1) is 0 Å². The number of likely N-dealkylation sites (tertiary alicyclic amines) is 1. The average molecular weight is 400 g/mol. The second-order valence-electron chi connectivity index (χ2n) is 5.39. The number of aliphatic imine (C=N–C) groups is 1. The molecule has 0 aliphatic carbocycles. The van der Waals surface area contributed by atoms with Crippen molar-refractivity contribution in [2.75, 3.05) is 13.1 Å². The highest BCUT2D eigenvalue weighted by atomic mass is 127. The number of nitrogens with zero attached hydrogens (tertiary/aromatic N) is 5. The Morgan fingerprint density at radius 3 is 2.86 bits per heavy atom. The largest absolute Gasteiger partial charge is 0.370 e. The fourth-order valence-corrected chi connectivity index (χ4v) is 2.49. The van der Waals surface area contributed by atoms with Gasteiger partial charge < -0.3 is 10.6 Å². The van der Waals surface area contributed by atoms with Crippen molar-refractivity contribution in [3.8, 4) is 0 Å². The van der Waals surface area contributed by atoms with Crippen LogP contribution in [0.1, 0.15) is 25.6 Å². The summed E-state index contributed by atoms with van der Waals surface area (Å²) in [6, 6.07) is 5.83. The van der Waals surface area contributed by atoms with Crippen molar-refractivity contribution in [3.05, 3.63) is 30.2 Å². The van der Waals surface area contributed by atoms with E-state index in [4.69, 9.17) is 5.73 Å². The number of rotatable bonds is 2. The lowest BCUT2D eigenvalue weighted by atomic mass is 10.00. The molecular formula is C14H21IN6. The first kappa shape index (κ1) is 16.0. The molecule has 1 aliphatic rings. The predicted octanol–water partition coefficient (Wildman–Crippen LogP) is 1.89. The smallest absolute Gasteiger partial charge is 0.191 e. The zero-order valence-corrected chi connectivity index (χ0v) is 14.5. The highest BCUT2D eigenvalue weighted by Crippen LogP contribution is 2.15. The summed E-state index contributed by atoms with van der Waals surface area (Å²) in [5.41, 5.74) is 6.91. The minimum atomic E-state index is 0. The Morgan fingerprint density at radius 1 is 1.33 bits per heavy atom. The maximum Gasteiger partial charge on any atom is 0.191 e. The van der Waals surface area contributed by atoms with Gasteiger partial charge in [-0.2, -0.15) is 0 Å². The second-order valence-corrected chi connectivity index (χ2v) is 5.39. The molecule has 0 aromatic carbocycles. The van der Waals surface area contributed by atoms with Gasteiger partial charge in [0.15, 0.2) is 17.4 Å². The van der Waals surface area contributed by atoms with E-state index in [0.717, 1.165) is 30.5 Å². The Balaban J connectivity index is 0.00000161. The Bertz CT molecular complexity index is 615. The number of guanidine groups is 1. The molecule has 6 nitrogen and oxygen atoms in total. The summed E-state index contributed by atoms with van der Waals surface area (Å²) in [6.45, 7) is 4.74. The molecule has 7 heteroatoms. The van der Waals surface area contributed by atoms with Gasteiger partial charge in [-0.15, -0.1) is 34.2 Å². The monoisotopic (exact) mass is 400 g/mol. The van der Waals surface area contributed by atoms with Gasteiger partial charge >= 0.3 is 0 Å². The molecule has 0 unspecified atom stereocenters. The number of halogens is 1. The first-order valence-electron chi connectivity index (χ1n) is 7.07. The van der Waals surface area contributed by atoms with Gasteiger partial charge in [0.25, 0.3) is 0 Å². The van der Waals surface area contributed by atoms with Gasteiger partial charge in [-0.05, 0) is 30.9 Å². The number of piperidine rings is 1. The van der Waals surface area contributed by atoms with E-state index in [1.54, 1.807) is 0 Å². The van der Waals surface area contributed by atoms with Crippen LogP contribution in [0.15, 0.2) is 29.4 Å². The molecule has 1 aliphatic heterocycles. The van der Waals surface area contributed by atoms with E-state index in [-0.39, 0.29) is 24.0 Å². The lowest BCUT2D eigenvalue weighted by Gasteiger charge is -2.30. The molecule has 0 atom stereocenters. The number of aromatic nitrogens is 3. The quantitative estimate of drug-likeness (QED) is 0.475. The molecule has 2 aromatic rings. The average Bonchev–Trinajstić information content (AvgIpc) is 2.89. The maximum absolute atomic E-state index is 6.07. The number of hydrogen-bond donors (Lipinski definition) is 1. The highest BCUT2D eigenvalue weighted by molar-refractivity contribution is 14.0. The van der Waals surface area contributed by atoms with Crippen molar-refractivity contribution in [2.45, 2.75) is 26.3 Å². The van der Waals surface area contributed by atoms with Crippen molar-refractivity contribution >= 4 is 35.6 Å². The Kier molecular flexibility index (Phi) is 5.38. The maximum atomic E-state index is 6.07. The molecule has 0 saturated carbocycles. The first-order chi connectivity index (χ1) is 9.74. The standard InChI is InChI=1S/C14H20N6.HI/c1-11-5-8-19(9-6-11)14(15)16-10-13-18-17-12-4-2-3-7-20(12)13;/h2-4,7,11H,5-6,8-10H2,1H3,(H2,15,16);1H. The minimum absolute atomic E-state index is 0. The summed E-state index contributed by atoms with van der Waals surface area (Å²) in [6.07, 6.45) is 4.31. The van der Waals surface area contributed by atoms with E-state index >= 15 is 0 Å². The van der Waals surface area contributed by atoms with Crippen LogP contribution < -0.4 is 5.73 Å². The van der Waals surface area contributed by atoms with Crippen LogP contribution in [0.4, 0.5) is 0 Å². The van der Waals surface area contributed by atoms with Gasteiger partial charge in [0.2, 0.25) is 0 Å². The summed E-state index contributed by atoms with van der Waals surface area (Å²) >= 11 is 0. The molecule has 1 fully saturated rings. The molecule has 3 rings (SSSR count). The number of pyridine rings is 1. The number of hydrogen-bond acceptors (Lipinski definition) is 3. The van der Waals surface area contributed by atoms with Gasteiger partial charge in [-0.3, -0.25) is 4.40 Å². The van der Waals surface area contributed by atoms with Crippen molar-refractivity contribution < 1.29 is 0 Å². The fraction of sp³-hybridized carbons (Fsp3) is 0.500. The van der Waals surface area contributed by atoms with E-state index in [1.165, 1.54) is 12.8 Å². The molecule has 2 aromatic heterocycles. The van der Waals surface area contributed by atoms with Crippen LogP contribution in [0.2, 0.25) is 0 Å². The third-order valence-corrected chi connectivity index (χ3v) is 3.87. The van der Waals surface area contributed by atoms with E-state index < -0.39 is 0 Å². The highest BCUT2D eigenvalue weighted by Gasteiger charge is 2.17. The zero-order valence-electron chi connectivity index (χ0n) is 12.1. The molecule has 3 heterocycles. The van der Waals surface area contributed by atoms with Crippen molar-refractivity contribution in [1.29, 1.82) is 0 Å². The van der Waals surface area contributed by atoms with Crippen LogP contribution in [0.3, 0.4) is 0 Å². The molecular weight excluding hydrogens is 379 g/mol. The normalized spacial score (nSPS) is 17.0. The van der Waals surface area contributed by atoms with E-state index in [1.807, 2.05) is 28.8 Å². The summed E-state index contributed by atoms with van der Waals surface area (Å²) in [5, 5.41) is 8.26. The number of nitrogens with two attached hydrogens (primary N) is 1. The molecule has 0 amide bonds. The van der Waals surface area contributed by atoms with Crippen molar-refractivity contribution in [3.63, 3.8) is 0 Å². The lowest BCUT2D eigenvalue weighted by Crippen LogP contribution is -2.42. The molecule has 0 bridgehead atoms. The fourth-order valence-electron chi connectivity index (χ4n) is 2.49. The van der Waals surface area contributed by atoms with Crippen molar-refractivity contribution in [2.24, 2.45) is 16.6 Å². The molecule has 1 saturated heterocycles.